The van der Waals surface area contributed by atoms with Crippen LogP contribution in [-0.2, 0) is 5.41 Å². The first-order valence-corrected chi connectivity index (χ1v) is 12.5. The van der Waals surface area contributed by atoms with Crippen molar-refractivity contribution >= 4 is 28.4 Å². The Labute approximate surface area is 222 Å². The number of benzene rings is 3. The number of carbonyl (C=O) groups is 2. The third-order valence-electron chi connectivity index (χ3n) is 6.58. The molecule has 4 rings (SSSR count). The summed E-state index contributed by atoms with van der Waals surface area (Å²) < 4.78 is 12.4. The van der Waals surface area contributed by atoms with Gasteiger partial charge in [-0.15, -0.1) is 0 Å². The van der Waals surface area contributed by atoms with Crippen LogP contribution in [0.3, 0.4) is 0 Å². The zero-order chi connectivity index (χ0) is 27.4. The lowest BCUT2D eigenvalue weighted by Crippen LogP contribution is -2.37. The highest BCUT2D eigenvalue weighted by atomic mass is 16.5. The van der Waals surface area contributed by atoms with Crippen molar-refractivity contribution in [2.24, 2.45) is 0 Å². The van der Waals surface area contributed by atoms with Crippen molar-refractivity contribution in [1.29, 1.82) is 0 Å². The molecule has 0 saturated carbocycles. The van der Waals surface area contributed by atoms with Crippen LogP contribution in [0.2, 0.25) is 0 Å². The lowest BCUT2D eigenvalue weighted by Gasteiger charge is -2.26. The number of para-hydroxylation sites is 1. The third kappa shape index (κ3) is 5.49. The summed E-state index contributed by atoms with van der Waals surface area (Å²) in [5.41, 5.74) is 3.18. The molecule has 0 spiro atoms. The quantitative estimate of drug-likeness (QED) is 0.303. The first-order valence-electron chi connectivity index (χ1n) is 12.5. The standard InChI is InChI=1S/C30H34N4O4/c1-19(2)34-24-10-8-7-9-23(24)27(33-34)29(36)31-18-30(3,4)21-12-14-22(15-13-21)32-28(35)20-11-16-25(37-5)26(17-20)38-6/h7-17,19H,18H2,1-6H3,(H,31,36)(H,32,35). The lowest BCUT2D eigenvalue weighted by atomic mass is 9.84. The molecule has 4 aromatic rings. The molecule has 0 aliphatic carbocycles. The van der Waals surface area contributed by atoms with E-state index in [2.05, 4.69) is 29.6 Å². The first-order chi connectivity index (χ1) is 18.1. The number of ether oxygens (including phenoxy) is 2. The maximum Gasteiger partial charge on any atom is 0.272 e. The van der Waals surface area contributed by atoms with Gasteiger partial charge in [-0.25, -0.2) is 0 Å². The van der Waals surface area contributed by atoms with Crippen molar-refractivity contribution in [2.75, 3.05) is 26.1 Å². The Hall–Kier alpha value is -4.33. The molecule has 0 saturated heterocycles. The summed E-state index contributed by atoms with van der Waals surface area (Å²) in [5.74, 6) is 0.596. The Balaban J connectivity index is 1.43. The van der Waals surface area contributed by atoms with Crippen LogP contribution in [0.4, 0.5) is 5.69 Å². The highest BCUT2D eigenvalue weighted by molar-refractivity contribution is 6.05. The van der Waals surface area contributed by atoms with E-state index in [4.69, 9.17) is 9.47 Å². The molecule has 198 valence electrons. The van der Waals surface area contributed by atoms with Gasteiger partial charge < -0.3 is 20.1 Å². The number of methoxy groups -OCH3 is 2. The van der Waals surface area contributed by atoms with Crippen LogP contribution in [0.1, 0.15) is 60.1 Å². The van der Waals surface area contributed by atoms with E-state index in [-0.39, 0.29) is 23.3 Å². The molecule has 0 aliphatic heterocycles. The number of rotatable bonds is 9. The molecular formula is C30H34N4O4. The summed E-state index contributed by atoms with van der Waals surface area (Å²) in [6.45, 7) is 8.64. The number of carbonyl (C=O) groups excluding carboxylic acids is 2. The van der Waals surface area contributed by atoms with Gasteiger partial charge >= 0.3 is 0 Å². The van der Waals surface area contributed by atoms with Gasteiger partial charge in [0.05, 0.1) is 19.7 Å². The summed E-state index contributed by atoms with van der Waals surface area (Å²) in [5, 5.41) is 11.4. The van der Waals surface area contributed by atoms with Crippen LogP contribution in [0, 0.1) is 0 Å². The van der Waals surface area contributed by atoms with Crippen LogP contribution in [0.15, 0.2) is 66.7 Å². The predicted molar refractivity (Wildman–Crippen MR) is 149 cm³/mol. The fourth-order valence-electron chi connectivity index (χ4n) is 4.32. The normalized spacial score (nSPS) is 11.4. The second kappa shape index (κ2) is 11.0. The maximum atomic E-state index is 13.1. The number of amides is 2. The minimum atomic E-state index is -0.349. The highest BCUT2D eigenvalue weighted by Crippen LogP contribution is 2.29. The summed E-state index contributed by atoms with van der Waals surface area (Å²) in [7, 11) is 3.08. The summed E-state index contributed by atoms with van der Waals surface area (Å²) in [6, 6.07) is 20.6. The Bertz CT molecular complexity index is 1460. The van der Waals surface area contributed by atoms with Crippen molar-refractivity contribution in [1.82, 2.24) is 15.1 Å². The topological polar surface area (TPSA) is 94.5 Å². The fraction of sp³-hybridized carbons (Fsp3) is 0.300. The zero-order valence-corrected chi connectivity index (χ0v) is 22.7. The Morgan fingerprint density at radius 2 is 1.61 bits per heavy atom. The van der Waals surface area contributed by atoms with E-state index in [1.807, 2.05) is 67.1 Å². The van der Waals surface area contributed by atoms with Gasteiger partial charge in [-0.1, -0.05) is 44.2 Å². The molecule has 1 heterocycles. The molecule has 0 bridgehead atoms. The van der Waals surface area contributed by atoms with Crippen LogP contribution in [0.5, 0.6) is 11.5 Å². The average molecular weight is 515 g/mol. The smallest absolute Gasteiger partial charge is 0.272 e. The van der Waals surface area contributed by atoms with Gasteiger partial charge in [-0.05, 0) is 55.8 Å². The van der Waals surface area contributed by atoms with Gasteiger partial charge in [-0.3, -0.25) is 14.3 Å². The molecule has 8 nitrogen and oxygen atoms in total. The number of anilines is 1. The number of fused-ring (bicyclic) bond motifs is 1. The number of hydrogen-bond acceptors (Lipinski definition) is 5. The fourth-order valence-corrected chi connectivity index (χ4v) is 4.32. The summed E-state index contributed by atoms with van der Waals surface area (Å²) >= 11 is 0. The van der Waals surface area contributed by atoms with E-state index >= 15 is 0 Å². The molecule has 3 aromatic carbocycles. The SMILES string of the molecule is COc1ccc(C(=O)Nc2ccc(C(C)(C)CNC(=O)c3nn(C(C)C)c4ccccc34)cc2)cc1OC. The van der Waals surface area contributed by atoms with Gasteiger partial charge in [0.2, 0.25) is 0 Å². The van der Waals surface area contributed by atoms with E-state index in [0.717, 1.165) is 16.5 Å². The van der Waals surface area contributed by atoms with Gasteiger partial charge in [0.15, 0.2) is 17.2 Å². The van der Waals surface area contributed by atoms with E-state index in [1.165, 1.54) is 7.11 Å². The zero-order valence-electron chi connectivity index (χ0n) is 22.7. The molecule has 8 heteroatoms. The molecule has 0 atom stereocenters. The molecule has 0 radical (unpaired) electrons. The minimum absolute atomic E-state index is 0.142. The van der Waals surface area contributed by atoms with Crippen molar-refractivity contribution in [3.05, 3.63) is 83.6 Å². The Kier molecular flexibility index (Phi) is 7.71. The van der Waals surface area contributed by atoms with Crippen LogP contribution in [-0.4, -0.2) is 42.4 Å². The second-order valence-corrected chi connectivity index (χ2v) is 10.1. The van der Waals surface area contributed by atoms with Gasteiger partial charge in [0.1, 0.15) is 0 Å². The predicted octanol–water partition coefficient (Wildman–Crippen LogP) is 5.59. The molecule has 0 fully saturated rings. The van der Waals surface area contributed by atoms with Crippen LogP contribution >= 0.6 is 0 Å². The molecule has 0 aliphatic rings. The Morgan fingerprint density at radius 1 is 0.921 bits per heavy atom. The highest BCUT2D eigenvalue weighted by Gasteiger charge is 2.24. The molecule has 2 N–H and O–H groups in total. The molecule has 2 amide bonds. The van der Waals surface area contributed by atoms with E-state index < -0.39 is 0 Å². The van der Waals surface area contributed by atoms with Crippen molar-refractivity contribution < 1.29 is 19.1 Å². The Morgan fingerprint density at radius 3 is 2.26 bits per heavy atom. The minimum Gasteiger partial charge on any atom is -0.493 e. The number of hydrogen-bond donors (Lipinski definition) is 2. The molecular weight excluding hydrogens is 480 g/mol. The van der Waals surface area contributed by atoms with Crippen molar-refractivity contribution in [3.63, 3.8) is 0 Å². The van der Waals surface area contributed by atoms with Gasteiger partial charge in [0, 0.05) is 34.6 Å². The first kappa shape index (κ1) is 26.7. The lowest BCUT2D eigenvalue weighted by molar-refractivity contribution is 0.0940. The summed E-state index contributed by atoms with van der Waals surface area (Å²) in [6.07, 6.45) is 0. The largest absolute Gasteiger partial charge is 0.493 e. The molecule has 0 unspecified atom stereocenters. The van der Waals surface area contributed by atoms with Gasteiger partial charge in [0.25, 0.3) is 11.8 Å². The van der Waals surface area contributed by atoms with E-state index in [9.17, 15) is 9.59 Å². The van der Waals surface area contributed by atoms with Crippen LogP contribution < -0.4 is 20.1 Å². The third-order valence-corrected chi connectivity index (χ3v) is 6.58. The monoisotopic (exact) mass is 514 g/mol. The van der Waals surface area contributed by atoms with Crippen molar-refractivity contribution in [2.45, 2.75) is 39.2 Å². The summed E-state index contributed by atoms with van der Waals surface area (Å²) in [4.78, 5) is 25.9. The van der Waals surface area contributed by atoms with Crippen LogP contribution in [0.25, 0.3) is 10.9 Å². The molecule has 1 aromatic heterocycles. The average Bonchev–Trinajstić information content (AvgIpc) is 3.32. The van der Waals surface area contributed by atoms with Gasteiger partial charge in [-0.2, -0.15) is 5.10 Å². The van der Waals surface area contributed by atoms with E-state index in [1.54, 1.807) is 25.3 Å². The molecule has 38 heavy (non-hydrogen) atoms. The number of nitrogens with one attached hydrogen (secondary N) is 2. The maximum absolute atomic E-state index is 13.1. The second-order valence-electron chi connectivity index (χ2n) is 10.1. The number of aromatic nitrogens is 2. The van der Waals surface area contributed by atoms with E-state index in [0.29, 0.717) is 35.0 Å². The van der Waals surface area contributed by atoms with Crippen molar-refractivity contribution in [3.8, 4) is 11.5 Å². The number of nitrogens with zero attached hydrogens (tertiary/aromatic N) is 2.